The quantitative estimate of drug-likeness (QED) is 0.724. The van der Waals surface area contributed by atoms with Gasteiger partial charge in [0.25, 0.3) is 0 Å². The van der Waals surface area contributed by atoms with Crippen LogP contribution in [0.25, 0.3) is 0 Å². The molecule has 0 radical (unpaired) electrons. The minimum Gasteiger partial charge on any atom is -0.481 e. The van der Waals surface area contributed by atoms with Crippen LogP contribution < -0.4 is 0 Å². The lowest BCUT2D eigenvalue weighted by molar-refractivity contribution is -0.248. The fourth-order valence-electron chi connectivity index (χ4n) is 7.98. The molecule has 5 fully saturated rings. The second kappa shape index (κ2) is 5.20. The van der Waals surface area contributed by atoms with Gasteiger partial charge >= 0.3 is 5.97 Å². The number of hydrogen-bond acceptors (Lipinski definition) is 3. The number of aliphatic carboxylic acids is 1. The van der Waals surface area contributed by atoms with Crippen molar-refractivity contribution in [2.24, 2.45) is 39.9 Å². The molecular formula is C20H32O4. The monoisotopic (exact) mass is 336 g/mol. The van der Waals surface area contributed by atoms with Gasteiger partial charge in [-0.15, -0.1) is 0 Å². The number of carboxylic acid groups (broad SMARTS) is 1. The average Bonchev–Trinajstić information content (AvgIpc) is 2.55. The van der Waals surface area contributed by atoms with E-state index in [0.29, 0.717) is 11.8 Å². The van der Waals surface area contributed by atoms with E-state index in [0.717, 1.165) is 51.4 Å². The SMILES string of the molecule is C[C@@]12CCC[C@@](C)(C(=O)O)[C@H]1CC[C@@]13CC[C@H](C[C@@H]21)[C@H](CO)[C@H]3O. The van der Waals surface area contributed by atoms with Gasteiger partial charge in [-0.3, -0.25) is 4.79 Å². The van der Waals surface area contributed by atoms with Crippen molar-refractivity contribution < 1.29 is 20.1 Å². The van der Waals surface area contributed by atoms with E-state index in [4.69, 9.17) is 0 Å². The Hall–Kier alpha value is -0.610. The summed E-state index contributed by atoms with van der Waals surface area (Å²) in [5.41, 5.74) is -0.680. The second-order valence-corrected chi connectivity index (χ2v) is 9.78. The molecule has 0 unspecified atom stereocenters. The standard InChI is InChI=1S/C20H32O4/c1-18-6-3-7-19(2,17(23)24)14(18)5-9-20-8-4-12(10-15(18)20)13(11-21)16(20)22/h12-16,21-22H,3-11H2,1-2H3,(H,23,24)/t12-,13+,14+,15+,16-,18-,19-,20+/m1/s1. The van der Waals surface area contributed by atoms with Gasteiger partial charge in [-0.25, -0.2) is 0 Å². The van der Waals surface area contributed by atoms with Gasteiger partial charge in [-0.2, -0.15) is 0 Å². The first-order valence-electron chi connectivity index (χ1n) is 9.82. The van der Waals surface area contributed by atoms with Crippen molar-refractivity contribution in [3.63, 3.8) is 0 Å². The van der Waals surface area contributed by atoms with E-state index >= 15 is 0 Å². The molecule has 4 nitrogen and oxygen atoms in total. The van der Waals surface area contributed by atoms with Gasteiger partial charge in [0.05, 0.1) is 11.5 Å². The van der Waals surface area contributed by atoms with Crippen LogP contribution in [0.15, 0.2) is 0 Å². The number of carbonyl (C=O) groups is 1. The summed E-state index contributed by atoms with van der Waals surface area (Å²) >= 11 is 0. The summed E-state index contributed by atoms with van der Waals surface area (Å²) < 4.78 is 0. The molecule has 136 valence electrons. The van der Waals surface area contributed by atoms with Gasteiger partial charge in [0, 0.05) is 17.9 Å². The van der Waals surface area contributed by atoms with Crippen molar-refractivity contribution in [3.05, 3.63) is 0 Å². The molecule has 5 saturated carbocycles. The zero-order valence-corrected chi connectivity index (χ0v) is 15.0. The molecule has 1 spiro atoms. The Balaban J connectivity index is 1.75. The molecule has 0 saturated heterocycles. The zero-order chi connectivity index (χ0) is 17.3. The Morgan fingerprint density at radius 3 is 2.46 bits per heavy atom. The zero-order valence-electron chi connectivity index (χ0n) is 15.0. The van der Waals surface area contributed by atoms with Crippen LogP contribution in [-0.2, 0) is 4.79 Å². The first kappa shape index (κ1) is 16.8. The molecule has 8 atom stereocenters. The Kier molecular flexibility index (Phi) is 3.65. The highest BCUT2D eigenvalue weighted by molar-refractivity contribution is 5.75. The lowest BCUT2D eigenvalue weighted by Crippen LogP contribution is -2.67. The van der Waals surface area contributed by atoms with Gasteiger partial charge in [0.1, 0.15) is 0 Å². The van der Waals surface area contributed by atoms with E-state index in [1.165, 1.54) is 0 Å². The van der Waals surface area contributed by atoms with E-state index in [9.17, 15) is 20.1 Å². The van der Waals surface area contributed by atoms with Gasteiger partial charge in [0.2, 0.25) is 0 Å². The maximum Gasteiger partial charge on any atom is 0.309 e. The lowest BCUT2D eigenvalue weighted by atomic mass is 9.35. The molecule has 0 aliphatic heterocycles. The molecule has 5 aliphatic rings. The Labute approximate surface area is 144 Å². The third kappa shape index (κ3) is 1.85. The van der Waals surface area contributed by atoms with Crippen LogP contribution in [-0.4, -0.2) is 34.0 Å². The van der Waals surface area contributed by atoms with Crippen molar-refractivity contribution in [2.75, 3.05) is 6.61 Å². The summed E-state index contributed by atoms with van der Waals surface area (Å²) in [7, 11) is 0. The molecule has 2 bridgehead atoms. The molecule has 4 heteroatoms. The summed E-state index contributed by atoms with van der Waals surface area (Å²) in [4.78, 5) is 12.1. The Morgan fingerprint density at radius 1 is 1.08 bits per heavy atom. The molecule has 0 aromatic heterocycles. The molecule has 0 aromatic rings. The molecule has 0 aromatic carbocycles. The summed E-state index contributed by atoms with van der Waals surface area (Å²) in [5, 5.41) is 30.8. The molecule has 5 rings (SSSR count). The van der Waals surface area contributed by atoms with Crippen LogP contribution in [0.2, 0.25) is 0 Å². The predicted octanol–water partition coefficient (Wildman–Crippen LogP) is 3.06. The number of aliphatic hydroxyl groups excluding tert-OH is 2. The van der Waals surface area contributed by atoms with E-state index in [-0.39, 0.29) is 29.3 Å². The lowest BCUT2D eigenvalue weighted by Gasteiger charge is -2.69. The van der Waals surface area contributed by atoms with Crippen LogP contribution in [0, 0.1) is 39.9 Å². The smallest absolute Gasteiger partial charge is 0.309 e. The normalized spacial score (nSPS) is 56.4. The van der Waals surface area contributed by atoms with Gasteiger partial charge in [-0.05, 0) is 75.0 Å². The topological polar surface area (TPSA) is 77.8 Å². The van der Waals surface area contributed by atoms with Crippen molar-refractivity contribution in [2.45, 2.75) is 71.3 Å². The number of aliphatic hydroxyl groups is 2. The van der Waals surface area contributed by atoms with Crippen molar-refractivity contribution in [1.29, 1.82) is 0 Å². The van der Waals surface area contributed by atoms with E-state index < -0.39 is 17.5 Å². The van der Waals surface area contributed by atoms with Crippen molar-refractivity contribution in [3.8, 4) is 0 Å². The average molecular weight is 336 g/mol. The van der Waals surface area contributed by atoms with E-state index in [1.807, 2.05) is 6.92 Å². The molecular weight excluding hydrogens is 304 g/mol. The molecule has 0 amide bonds. The minimum atomic E-state index is -0.635. The van der Waals surface area contributed by atoms with Crippen LogP contribution in [0.1, 0.15) is 65.2 Å². The van der Waals surface area contributed by atoms with Gasteiger partial charge < -0.3 is 15.3 Å². The molecule has 24 heavy (non-hydrogen) atoms. The fourth-order valence-corrected chi connectivity index (χ4v) is 7.98. The number of rotatable bonds is 2. The summed E-state index contributed by atoms with van der Waals surface area (Å²) in [6.07, 6.45) is 7.56. The largest absolute Gasteiger partial charge is 0.481 e. The fraction of sp³-hybridized carbons (Fsp3) is 0.950. The Morgan fingerprint density at radius 2 is 1.79 bits per heavy atom. The number of hydrogen-bond donors (Lipinski definition) is 3. The predicted molar refractivity (Wildman–Crippen MR) is 90.3 cm³/mol. The van der Waals surface area contributed by atoms with Crippen LogP contribution in [0.4, 0.5) is 0 Å². The van der Waals surface area contributed by atoms with Crippen LogP contribution >= 0.6 is 0 Å². The molecule has 0 heterocycles. The molecule has 3 N–H and O–H groups in total. The highest BCUT2D eigenvalue weighted by atomic mass is 16.4. The summed E-state index contributed by atoms with van der Waals surface area (Å²) in [6, 6.07) is 0. The van der Waals surface area contributed by atoms with Crippen molar-refractivity contribution in [1.82, 2.24) is 0 Å². The number of carboxylic acids is 1. The first-order chi connectivity index (χ1) is 11.3. The first-order valence-corrected chi connectivity index (χ1v) is 9.82. The highest BCUT2D eigenvalue weighted by Crippen LogP contribution is 2.72. The summed E-state index contributed by atoms with van der Waals surface area (Å²) in [6.45, 7) is 4.38. The van der Waals surface area contributed by atoms with E-state index in [1.54, 1.807) is 0 Å². The van der Waals surface area contributed by atoms with Gasteiger partial charge in [-0.1, -0.05) is 13.3 Å². The van der Waals surface area contributed by atoms with Gasteiger partial charge in [0.15, 0.2) is 0 Å². The van der Waals surface area contributed by atoms with Crippen LogP contribution in [0.3, 0.4) is 0 Å². The summed E-state index contributed by atoms with van der Waals surface area (Å²) in [5.74, 6) is 0.435. The highest BCUT2D eigenvalue weighted by Gasteiger charge is 2.68. The minimum absolute atomic E-state index is 0.0176. The van der Waals surface area contributed by atoms with E-state index in [2.05, 4.69) is 6.92 Å². The number of fused-ring (bicyclic) bond motifs is 3. The third-order valence-electron chi connectivity index (χ3n) is 9.18. The Bertz CT molecular complexity index is 548. The van der Waals surface area contributed by atoms with Crippen molar-refractivity contribution >= 4 is 5.97 Å². The molecule has 5 aliphatic carbocycles. The maximum absolute atomic E-state index is 12.1. The second-order valence-electron chi connectivity index (χ2n) is 9.78. The maximum atomic E-state index is 12.1. The van der Waals surface area contributed by atoms with Crippen LogP contribution in [0.5, 0.6) is 0 Å². The third-order valence-corrected chi connectivity index (χ3v) is 9.18.